The molecule has 0 aliphatic carbocycles. The summed E-state index contributed by atoms with van der Waals surface area (Å²) in [7, 11) is -3.19. The van der Waals surface area contributed by atoms with Gasteiger partial charge >= 0.3 is 29.6 Å². The van der Waals surface area contributed by atoms with E-state index in [-0.39, 0.29) is 29.6 Å². The molecule has 1 aromatic carbocycles. The van der Waals surface area contributed by atoms with Gasteiger partial charge in [0.2, 0.25) is 0 Å². The van der Waals surface area contributed by atoms with E-state index in [0.29, 0.717) is 16.5 Å². The van der Waals surface area contributed by atoms with Crippen molar-refractivity contribution >= 4 is 15.8 Å². The van der Waals surface area contributed by atoms with Crippen molar-refractivity contribution in [1.29, 1.82) is 0 Å². The van der Waals surface area contributed by atoms with Crippen molar-refractivity contribution in [2.75, 3.05) is 6.26 Å². The summed E-state index contributed by atoms with van der Waals surface area (Å²) < 4.78 is 28.3. The van der Waals surface area contributed by atoms with E-state index in [4.69, 9.17) is 14.3 Å². The largest absolute Gasteiger partial charge is 1.00 e. The normalized spacial score (nSPS) is 10.3. The molecule has 2 heterocycles. The number of carboxylic acid groups (broad SMARTS) is 1. The molecular formula is C18H17N2NaO5S. The van der Waals surface area contributed by atoms with Gasteiger partial charge in [-0.15, -0.1) is 6.20 Å². The van der Waals surface area contributed by atoms with Gasteiger partial charge in [0.15, 0.2) is 9.84 Å². The second kappa shape index (κ2) is 9.80. The van der Waals surface area contributed by atoms with Gasteiger partial charge in [0.25, 0.3) is 5.97 Å². The zero-order valence-electron chi connectivity index (χ0n) is 15.4. The first-order valence-electron chi connectivity index (χ1n) is 7.48. The van der Waals surface area contributed by atoms with Gasteiger partial charge < -0.3 is 14.5 Å². The van der Waals surface area contributed by atoms with Gasteiger partial charge in [-0.25, -0.2) is 8.42 Å². The minimum absolute atomic E-state index is 0. The van der Waals surface area contributed by atoms with Crippen LogP contribution in [0.5, 0.6) is 0 Å². The van der Waals surface area contributed by atoms with E-state index in [0.717, 1.165) is 23.7 Å². The predicted octanol–water partition coefficient (Wildman–Crippen LogP) is 0.0106. The van der Waals surface area contributed by atoms with E-state index >= 15 is 0 Å². The van der Waals surface area contributed by atoms with E-state index in [1.54, 1.807) is 37.4 Å². The summed E-state index contributed by atoms with van der Waals surface area (Å²) in [5.74, 6) is 0.263. The number of hydrogen-bond donors (Lipinski definition) is 1. The van der Waals surface area contributed by atoms with Gasteiger partial charge in [-0.2, -0.15) is 0 Å². The Morgan fingerprint density at radius 1 is 1.11 bits per heavy atom. The molecule has 0 spiro atoms. The number of pyridine rings is 1. The van der Waals surface area contributed by atoms with Crippen molar-refractivity contribution in [2.24, 2.45) is 0 Å². The molecule has 27 heavy (non-hydrogen) atoms. The maximum Gasteiger partial charge on any atom is 1.00 e. The molecule has 3 rings (SSSR count). The van der Waals surface area contributed by atoms with Gasteiger partial charge in [0.1, 0.15) is 0 Å². The van der Waals surface area contributed by atoms with Crippen LogP contribution in [-0.2, 0) is 14.6 Å². The fourth-order valence-electron chi connectivity index (χ4n) is 2.01. The van der Waals surface area contributed by atoms with Gasteiger partial charge in [-0.05, 0) is 30.7 Å². The molecule has 2 aromatic heterocycles. The van der Waals surface area contributed by atoms with Gasteiger partial charge in [-0.3, -0.25) is 9.78 Å². The van der Waals surface area contributed by atoms with Crippen molar-refractivity contribution in [3.63, 3.8) is 0 Å². The molecule has 136 valence electrons. The monoisotopic (exact) mass is 396 g/mol. The van der Waals surface area contributed by atoms with Crippen LogP contribution in [0.25, 0.3) is 22.7 Å². The Hall–Kier alpha value is -2.00. The topological polar surface area (TPSA) is 110 Å². The van der Waals surface area contributed by atoms with Crippen LogP contribution in [0.1, 0.15) is 12.7 Å². The second-order valence-electron chi connectivity index (χ2n) is 5.43. The standard InChI is InChI=1S/C16H13N2O3S.C2H4O2.Na/c1-11-9-18-16(21-11)13-5-8-15(17-10-13)12-3-6-14(7-4-12)22(2,19)20;1-2(3)4;/h3-8,10H,1-2H3;1H3,(H,3,4);/q-1;;+1. The van der Waals surface area contributed by atoms with Gasteiger partial charge in [-0.1, -0.05) is 18.2 Å². The Labute approximate surface area is 179 Å². The van der Waals surface area contributed by atoms with Crippen LogP contribution in [0.3, 0.4) is 0 Å². The molecule has 3 aromatic rings. The van der Waals surface area contributed by atoms with E-state index in [9.17, 15) is 8.42 Å². The molecule has 0 saturated heterocycles. The molecule has 0 atom stereocenters. The number of nitrogens with zero attached hydrogens (tertiary/aromatic N) is 2. The summed E-state index contributed by atoms with van der Waals surface area (Å²) in [6.45, 7) is 2.86. The molecular weight excluding hydrogens is 379 g/mol. The van der Waals surface area contributed by atoms with Crippen molar-refractivity contribution in [2.45, 2.75) is 18.7 Å². The summed E-state index contributed by atoms with van der Waals surface area (Å²) in [4.78, 5) is 17.7. The van der Waals surface area contributed by atoms with Crippen molar-refractivity contribution in [1.82, 2.24) is 9.97 Å². The quantitative estimate of drug-likeness (QED) is 0.490. The Kier molecular flexibility index (Phi) is 8.36. The number of carboxylic acids is 1. The zero-order chi connectivity index (χ0) is 19.3. The Morgan fingerprint density at radius 3 is 2.07 bits per heavy atom. The molecule has 0 bridgehead atoms. The first-order chi connectivity index (χ1) is 12.2. The number of aliphatic carboxylic acids is 1. The summed E-state index contributed by atoms with van der Waals surface area (Å²) in [6, 6.07) is 10.3. The summed E-state index contributed by atoms with van der Waals surface area (Å²) in [5.41, 5.74) is 2.35. The second-order valence-corrected chi connectivity index (χ2v) is 7.45. The fraction of sp³-hybridized carbons (Fsp3) is 0.167. The number of benzene rings is 1. The van der Waals surface area contributed by atoms with E-state index in [2.05, 4.69) is 16.2 Å². The predicted molar refractivity (Wildman–Crippen MR) is 95.2 cm³/mol. The summed E-state index contributed by atoms with van der Waals surface area (Å²) >= 11 is 0. The molecule has 0 radical (unpaired) electrons. The Morgan fingerprint density at radius 2 is 1.67 bits per heavy atom. The van der Waals surface area contributed by atoms with Crippen LogP contribution >= 0.6 is 0 Å². The summed E-state index contributed by atoms with van der Waals surface area (Å²) in [5, 5.41) is 7.42. The zero-order valence-corrected chi connectivity index (χ0v) is 18.2. The third kappa shape index (κ3) is 6.91. The number of oxazole rings is 1. The van der Waals surface area contributed by atoms with Crippen molar-refractivity contribution in [3.8, 4) is 22.7 Å². The molecule has 0 amide bonds. The molecule has 7 nitrogen and oxygen atoms in total. The average Bonchev–Trinajstić information content (AvgIpc) is 3.00. The first kappa shape index (κ1) is 23.0. The molecule has 0 fully saturated rings. The molecule has 0 saturated carbocycles. The maximum absolute atomic E-state index is 11.4. The van der Waals surface area contributed by atoms with Crippen LogP contribution in [-0.4, -0.2) is 35.7 Å². The van der Waals surface area contributed by atoms with Crippen LogP contribution in [0.15, 0.2) is 51.9 Å². The number of sulfone groups is 1. The third-order valence-corrected chi connectivity index (χ3v) is 4.28. The Balaban J connectivity index is 0.000000666. The van der Waals surface area contributed by atoms with Crippen molar-refractivity contribution < 1.29 is 52.3 Å². The first-order valence-corrected chi connectivity index (χ1v) is 9.37. The summed E-state index contributed by atoms with van der Waals surface area (Å²) in [6.07, 6.45) is 5.58. The fourth-order valence-corrected chi connectivity index (χ4v) is 2.64. The van der Waals surface area contributed by atoms with Gasteiger partial charge in [0, 0.05) is 30.7 Å². The van der Waals surface area contributed by atoms with Gasteiger partial charge in [0.05, 0.1) is 16.5 Å². The number of aromatic nitrogens is 2. The molecule has 0 unspecified atom stereocenters. The molecule has 0 aliphatic heterocycles. The minimum Gasteiger partial charge on any atom is -0.546 e. The third-order valence-electron chi connectivity index (χ3n) is 3.15. The minimum atomic E-state index is -3.19. The maximum atomic E-state index is 11.4. The van der Waals surface area contributed by atoms with Crippen LogP contribution in [0.4, 0.5) is 0 Å². The number of rotatable bonds is 3. The van der Waals surface area contributed by atoms with E-state index in [1.807, 2.05) is 12.1 Å². The average molecular weight is 396 g/mol. The number of hydrogen-bond acceptors (Lipinski definition) is 6. The molecule has 0 aliphatic rings. The molecule has 1 N–H and O–H groups in total. The van der Waals surface area contributed by atoms with E-state index < -0.39 is 15.8 Å². The van der Waals surface area contributed by atoms with Crippen LogP contribution < -0.4 is 29.6 Å². The SMILES string of the molecule is CC(=O)O.Cc1[c-]nc(-c2ccc(-c3ccc(S(C)(=O)=O)cc3)nc2)o1.[Na+]. The van der Waals surface area contributed by atoms with E-state index in [1.165, 1.54) is 6.26 Å². The smallest absolute Gasteiger partial charge is 0.546 e. The van der Waals surface area contributed by atoms with Crippen molar-refractivity contribution in [3.05, 3.63) is 54.6 Å². The molecule has 9 heteroatoms. The number of carbonyl (C=O) groups is 1. The van der Waals surface area contributed by atoms with Crippen LogP contribution in [0, 0.1) is 13.1 Å². The Bertz CT molecular complexity index is 993. The van der Waals surface area contributed by atoms with Crippen LogP contribution in [0.2, 0.25) is 0 Å². The number of aryl methyl sites for hydroxylation is 1.